The second kappa shape index (κ2) is 5.41. The first kappa shape index (κ1) is 13.4. The Labute approximate surface area is 125 Å². The molecule has 2 N–H and O–H groups in total. The molecule has 0 unspecified atom stereocenters. The molecule has 0 saturated heterocycles. The number of nitrogens with two attached hydrogens (primary N) is 1. The molecule has 108 valence electrons. The van der Waals surface area contributed by atoms with E-state index in [4.69, 9.17) is 15.2 Å². The molecule has 0 atom stereocenters. The second-order valence-electron chi connectivity index (χ2n) is 4.07. The Balaban J connectivity index is 2.29. The molecule has 3 rings (SSSR count). The van der Waals surface area contributed by atoms with Crippen molar-refractivity contribution in [1.29, 1.82) is 0 Å². The van der Waals surface area contributed by atoms with E-state index in [0.29, 0.717) is 28.0 Å². The highest BCUT2D eigenvalue weighted by molar-refractivity contribution is 7.13. The van der Waals surface area contributed by atoms with E-state index in [9.17, 15) is 0 Å². The summed E-state index contributed by atoms with van der Waals surface area (Å²) in [5.41, 5.74) is 6.63. The van der Waals surface area contributed by atoms with E-state index in [0.717, 1.165) is 0 Å². The monoisotopic (exact) mass is 303 g/mol. The van der Waals surface area contributed by atoms with Crippen LogP contribution in [0.25, 0.3) is 16.5 Å². The van der Waals surface area contributed by atoms with Crippen molar-refractivity contribution in [2.24, 2.45) is 0 Å². The summed E-state index contributed by atoms with van der Waals surface area (Å²) in [5.74, 6) is 2.01. The van der Waals surface area contributed by atoms with Crippen LogP contribution < -0.4 is 15.2 Å². The van der Waals surface area contributed by atoms with Crippen molar-refractivity contribution >= 4 is 17.3 Å². The van der Waals surface area contributed by atoms with Gasteiger partial charge in [0.2, 0.25) is 5.95 Å². The normalized spacial score (nSPS) is 10.6. The molecular formula is C13H13N5O2S. The Morgan fingerprint density at radius 2 is 1.86 bits per heavy atom. The molecule has 2 heterocycles. The quantitative estimate of drug-likeness (QED) is 0.793. The minimum atomic E-state index is 0.239. The molecule has 2 aromatic heterocycles. The Morgan fingerprint density at radius 1 is 1.14 bits per heavy atom. The SMILES string of the molecule is COc1cccc(OC)c1-n1c(N)nnc1-c1nccs1. The molecule has 0 aliphatic rings. The first-order valence-corrected chi connectivity index (χ1v) is 6.96. The summed E-state index contributed by atoms with van der Waals surface area (Å²) in [5, 5.41) is 10.6. The van der Waals surface area contributed by atoms with Crippen LogP contribution in [0.15, 0.2) is 29.8 Å². The fourth-order valence-electron chi connectivity index (χ4n) is 2.04. The molecule has 21 heavy (non-hydrogen) atoms. The molecule has 0 amide bonds. The predicted octanol–water partition coefficient (Wildman–Crippen LogP) is 1.99. The number of anilines is 1. The third-order valence-electron chi connectivity index (χ3n) is 2.94. The zero-order valence-electron chi connectivity index (χ0n) is 11.5. The molecule has 0 spiro atoms. The van der Waals surface area contributed by atoms with Crippen molar-refractivity contribution in [1.82, 2.24) is 19.7 Å². The van der Waals surface area contributed by atoms with Crippen molar-refractivity contribution in [2.75, 3.05) is 20.0 Å². The van der Waals surface area contributed by atoms with Gasteiger partial charge in [0.25, 0.3) is 0 Å². The van der Waals surface area contributed by atoms with Crippen LogP contribution in [0.3, 0.4) is 0 Å². The lowest BCUT2D eigenvalue weighted by Crippen LogP contribution is -2.06. The van der Waals surface area contributed by atoms with Gasteiger partial charge in [0.05, 0.1) is 14.2 Å². The Kier molecular flexibility index (Phi) is 3.44. The van der Waals surface area contributed by atoms with Gasteiger partial charge in [-0.1, -0.05) is 6.07 Å². The second-order valence-corrected chi connectivity index (χ2v) is 4.96. The molecule has 0 saturated carbocycles. The number of rotatable bonds is 4. The van der Waals surface area contributed by atoms with E-state index in [1.807, 2.05) is 23.6 Å². The number of aromatic nitrogens is 4. The van der Waals surface area contributed by atoms with Crippen molar-refractivity contribution in [3.8, 4) is 28.0 Å². The highest BCUT2D eigenvalue weighted by Gasteiger charge is 2.21. The van der Waals surface area contributed by atoms with Crippen LogP contribution in [0.2, 0.25) is 0 Å². The van der Waals surface area contributed by atoms with Gasteiger partial charge >= 0.3 is 0 Å². The molecule has 0 aliphatic heterocycles. The Morgan fingerprint density at radius 3 is 2.43 bits per heavy atom. The van der Waals surface area contributed by atoms with Gasteiger partial charge in [-0.25, -0.2) is 4.98 Å². The summed E-state index contributed by atoms with van der Waals surface area (Å²) in [4.78, 5) is 4.25. The third-order valence-corrected chi connectivity index (χ3v) is 3.71. The van der Waals surface area contributed by atoms with E-state index in [-0.39, 0.29) is 5.95 Å². The number of methoxy groups -OCH3 is 2. The van der Waals surface area contributed by atoms with Gasteiger partial charge in [0.1, 0.15) is 17.2 Å². The molecule has 0 fully saturated rings. The van der Waals surface area contributed by atoms with Gasteiger partial charge in [-0.2, -0.15) is 0 Å². The average Bonchev–Trinajstić information content (AvgIpc) is 3.15. The standard InChI is InChI=1S/C13H13N5O2S/c1-19-8-4-3-5-9(20-2)10(8)18-11(16-17-13(18)14)12-15-6-7-21-12/h3-7H,1-2H3,(H2,14,17). The first-order chi connectivity index (χ1) is 10.3. The number of nitrogens with zero attached hydrogens (tertiary/aromatic N) is 4. The summed E-state index contributed by atoms with van der Waals surface area (Å²) < 4.78 is 12.5. The molecule has 0 radical (unpaired) electrons. The van der Waals surface area contributed by atoms with Crippen LogP contribution in [0.5, 0.6) is 11.5 Å². The summed E-state index contributed by atoms with van der Waals surface area (Å²) in [6.45, 7) is 0. The van der Waals surface area contributed by atoms with E-state index in [1.54, 1.807) is 25.0 Å². The lowest BCUT2D eigenvalue weighted by Gasteiger charge is -2.15. The Bertz CT molecular complexity index is 732. The molecule has 1 aromatic carbocycles. The van der Waals surface area contributed by atoms with Crippen LogP contribution in [0.1, 0.15) is 0 Å². The molecule has 7 nitrogen and oxygen atoms in total. The Hall–Kier alpha value is -2.61. The van der Waals surface area contributed by atoms with Crippen LogP contribution in [0.4, 0.5) is 5.95 Å². The fourth-order valence-corrected chi connectivity index (χ4v) is 2.65. The van der Waals surface area contributed by atoms with Gasteiger partial charge in [0, 0.05) is 11.6 Å². The van der Waals surface area contributed by atoms with Crippen molar-refractivity contribution in [3.05, 3.63) is 29.8 Å². The number of ether oxygens (including phenoxy) is 2. The number of hydrogen-bond donors (Lipinski definition) is 1. The van der Waals surface area contributed by atoms with Gasteiger partial charge in [-0.3, -0.25) is 4.57 Å². The molecule has 0 aliphatic carbocycles. The maximum absolute atomic E-state index is 5.98. The van der Waals surface area contributed by atoms with Gasteiger partial charge in [-0.05, 0) is 12.1 Å². The van der Waals surface area contributed by atoms with Crippen molar-refractivity contribution in [2.45, 2.75) is 0 Å². The summed E-state index contributed by atoms with van der Waals surface area (Å²) in [7, 11) is 3.17. The van der Waals surface area contributed by atoms with Gasteiger partial charge in [0.15, 0.2) is 10.8 Å². The van der Waals surface area contributed by atoms with Crippen LogP contribution in [-0.2, 0) is 0 Å². The van der Waals surface area contributed by atoms with Crippen molar-refractivity contribution in [3.63, 3.8) is 0 Å². The maximum atomic E-state index is 5.98. The minimum Gasteiger partial charge on any atom is -0.494 e. The minimum absolute atomic E-state index is 0.239. The van der Waals surface area contributed by atoms with Crippen LogP contribution >= 0.6 is 11.3 Å². The number of para-hydroxylation sites is 1. The maximum Gasteiger partial charge on any atom is 0.227 e. The van der Waals surface area contributed by atoms with Crippen molar-refractivity contribution < 1.29 is 9.47 Å². The molecule has 3 aromatic rings. The number of benzene rings is 1. The lowest BCUT2D eigenvalue weighted by atomic mass is 10.2. The van der Waals surface area contributed by atoms with Gasteiger partial charge in [-0.15, -0.1) is 21.5 Å². The van der Waals surface area contributed by atoms with Crippen LogP contribution in [0, 0.1) is 0 Å². The summed E-state index contributed by atoms with van der Waals surface area (Å²) >= 11 is 1.45. The zero-order valence-corrected chi connectivity index (χ0v) is 12.3. The number of hydrogen-bond acceptors (Lipinski definition) is 7. The molecule has 0 bridgehead atoms. The topological polar surface area (TPSA) is 88.1 Å². The summed E-state index contributed by atoms with van der Waals surface area (Å²) in [6, 6.07) is 5.48. The fraction of sp³-hybridized carbons (Fsp3) is 0.154. The van der Waals surface area contributed by atoms with E-state index < -0.39 is 0 Å². The van der Waals surface area contributed by atoms with Gasteiger partial charge < -0.3 is 15.2 Å². The zero-order chi connectivity index (χ0) is 14.8. The smallest absolute Gasteiger partial charge is 0.227 e. The highest BCUT2D eigenvalue weighted by Crippen LogP contribution is 2.36. The van der Waals surface area contributed by atoms with Crippen LogP contribution in [-0.4, -0.2) is 34.0 Å². The van der Waals surface area contributed by atoms with E-state index in [2.05, 4.69) is 15.2 Å². The average molecular weight is 303 g/mol. The summed E-state index contributed by atoms with van der Waals surface area (Å²) in [6.07, 6.45) is 1.70. The molecule has 8 heteroatoms. The number of thiazole rings is 1. The first-order valence-electron chi connectivity index (χ1n) is 6.08. The highest BCUT2D eigenvalue weighted by atomic mass is 32.1. The molecular weight excluding hydrogens is 290 g/mol. The largest absolute Gasteiger partial charge is 0.494 e. The third kappa shape index (κ3) is 2.19. The number of nitrogen functional groups attached to an aromatic ring is 1. The predicted molar refractivity (Wildman–Crippen MR) is 80.0 cm³/mol. The van der Waals surface area contributed by atoms with E-state index >= 15 is 0 Å². The lowest BCUT2D eigenvalue weighted by molar-refractivity contribution is 0.391. The van der Waals surface area contributed by atoms with E-state index in [1.165, 1.54) is 11.3 Å².